The van der Waals surface area contributed by atoms with Crippen LogP contribution in [0.25, 0.3) is 0 Å². The van der Waals surface area contributed by atoms with Gasteiger partial charge in [-0.25, -0.2) is 10.8 Å². The van der Waals surface area contributed by atoms with E-state index in [0.717, 1.165) is 36.5 Å². The molecule has 6 heteroatoms. The minimum atomic E-state index is -0.0717. The van der Waals surface area contributed by atoms with Gasteiger partial charge in [0, 0.05) is 11.8 Å². The minimum absolute atomic E-state index is 0.0360. The van der Waals surface area contributed by atoms with E-state index in [1.54, 1.807) is 0 Å². The van der Waals surface area contributed by atoms with Gasteiger partial charge in [0.25, 0.3) is 0 Å². The summed E-state index contributed by atoms with van der Waals surface area (Å²) in [6.07, 6.45) is 4.14. The Morgan fingerprint density at radius 1 is 1.50 bits per heavy atom. The first-order valence-corrected chi connectivity index (χ1v) is 6.30. The third-order valence-electron chi connectivity index (χ3n) is 3.11. The third kappa shape index (κ3) is 2.22. The van der Waals surface area contributed by atoms with Crippen molar-refractivity contribution in [3.8, 4) is 0 Å². The zero-order valence-corrected chi connectivity index (χ0v) is 10.1. The number of nitrogens with one attached hydrogen (secondary N) is 1. The Hall–Kier alpha value is -1.01. The number of aryl methyl sites for hydroxylation is 1. The van der Waals surface area contributed by atoms with Gasteiger partial charge >= 0.3 is 0 Å². The van der Waals surface area contributed by atoms with Gasteiger partial charge in [-0.3, -0.25) is 10.2 Å². The van der Waals surface area contributed by atoms with Gasteiger partial charge < -0.3 is 0 Å². The molecule has 1 aromatic rings. The summed E-state index contributed by atoms with van der Waals surface area (Å²) in [6, 6.07) is 0. The van der Waals surface area contributed by atoms with Gasteiger partial charge in [0.15, 0.2) is 0 Å². The molecule has 1 fully saturated rings. The van der Waals surface area contributed by atoms with E-state index in [2.05, 4.69) is 14.8 Å². The molecule has 2 unspecified atom stereocenters. The standard InChI is InChI=1S/C10H16N4OS/c1-6-12-10(16-14-6)8-5-3-2-4-7(8)9(15)13-11/h7-8H,2-5,11H2,1H3,(H,13,15). The van der Waals surface area contributed by atoms with Crippen LogP contribution in [-0.4, -0.2) is 15.3 Å². The Balaban J connectivity index is 2.19. The number of hydrazine groups is 1. The summed E-state index contributed by atoms with van der Waals surface area (Å²) in [4.78, 5) is 16.1. The molecule has 0 aromatic carbocycles. The lowest BCUT2D eigenvalue weighted by Gasteiger charge is -2.28. The van der Waals surface area contributed by atoms with E-state index in [1.807, 2.05) is 6.92 Å². The van der Waals surface area contributed by atoms with E-state index < -0.39 is 0 Å². The maximum absolute atomic E-state index is 11.7. The zero-order chi connectivity index (χ0) is 11.5. The van der Waals surface area contributed by atoms with Crippen molar-refractivity contribution in [2.75, 3.05) is 0 Å². The number of rotatable bonds is 2. The van der Waals surface area contributed by atoms with Crippen molar-refractivity contribution in [1.29, 1.82) is 0 Å². The second-order valence-corrected chi connectivity index (χ2v) is 4.97. The molecule has 88 valence electrons. The molecule has 0 bridgehead atoms. The monoisotopic (exact) mass is 240 g/mol. The normalized spacial score (nSPS) is 25.4. The van der Waals surface area contributed by atoms with Gasteiger partial charge in [-0.2, -0.15) is 4.37 Å². The smallest absolute Gasteiger partial charge is 0.237 e. The molecular formula is C10H16N4OS. The molecule has 0 radical (unpaired) electrons. The van der Waals surface area contributed by atoms with Crippen molar-refractivity contribution in [3.05, 3.63) is 10.8 Å². The topological polar surface area (TPSA) is 80.9 Å². The molecule has 1 aliphatic carbocycles. The summed E-state index contributed by atoms with van der Waals surface area (Å²) in [5, 5.41) is 0.978. The second-order valence-electron chi connectivity index (χ2n) is 4.19. The summed E-state index contributed by atoms with van der Waals surface area (Å²) < 4.78 is 4.18. The molecule has 1 amide bonds. The number of nitrogens with zero attached hydrogens (tertiary/aromatic N) is 2. The van der Waals surface area contributed by atoms with E-state index in [-0.39, 0.29) is 17.7 Å². The number of aromatic nitrogens is 2. The van der Waals surface area contributed by atoms with Crippen LogP contribution in [0.3, 0.4) is 0 Å². The molecule has 0 saturated heterocycles. The van der Waals surface area contributed by atoms with Crippen LogP contribution in [0.1, 0.15) is 42.4 Å². The van der Waals surface area contributed by atoms with Crippen molar-refractivity contribution >= 4 is 17.4 Å². The molecule has 3 N–H and O–H groups in total. The predicted octanol–water partition coefficient (Wildman–Crippen LogP) is 1.11. The van der Waals surface area contributed by atoms with Crippen LogP contribution >= 0.6 is 11.5 Å². The van der Waals surface area contributed by atoms with E-state index >= 15 is 0 Å². The second kappa shape index (κ2) is 4.88. The number of amides is 1. The fourth-order valence-electron chi connectivity index (χ4n) is 2.31. The highest BCUT2D eigenvalue weighted by Gasteiger charge is 2.33. The first-order chi connectivity index (χ1) is 7.72. The molecule has 2 atom stereocenters. The van der Waals surface area contributed by atoms with E-state index in [4.69, 9.17) is 5.84 Å². The zero-order valence-electron chi connectivity index (χ0n) is 9.27. The summed E-state index contributed by atoms with van der Waals surface area (Å²) in [5.41, 5.74) is 2.26. The number of carbonyl (C=O) groups excluding carboxylic acids is 1. The lowest BCUT2D eigenvalue weighted by atomic mass is 9.79. The van der Waals surface area contributed by atoms with Crippen LogP contribution in [0.2, 0.25) is 0 Å². The van der Waals surface area contributed by atoms with Crippen molar-refractivity contribution in [2.24, 2.45) is 11.8 Å². The van der Waals surface area contributed by atoms with Gasteiger partial charge in [-0.1, -0.05) is 12.8 Å². The lowest BCUT2D eigenvalue weighted by molar-refractivity contribution is -0.126. The molecular weight excluding hydrogens is 224 g/mol. The van der Waals surface area contributed by atoms with Gasteiger partial charge in [0.1, 0.15) is 10.8 Å². The van der Waals surface area contributed by atoms with Crippen LogP contribution in [0, 0.1) is 12.8 Å². The van der Waals surface area contributed by atoms with Crippen molar-refractivity contribution in [3.63, 3.8) is 0 Å². The number of nitrogens with two attached hydrogens (primary N) is 1. The quantitative estimate of drug-likeness (QED) is 0.461. The minimum Gasteiger partial charge on any atom is -0.294 e. The molecule has 5 nitrogen and oxygen atoms in total. The highest BCUT2D eigenvalue weighted by atomic mass is 32.1. The number of hydrogen-bond donors (Lipinski definition) is 2. The van der Waals surface area contributed by atoms with Gasteiger partial charge in [0.2, 0.25) is 5.91 Å². The SMILES string of the molecule is Cc1nsc(C2CCCCC2C(=O)NN)n1. The molecule has 1 saturated carbocycles. The van der Waals surface area contributed by atoms with Crippen LogP contribution < -0.4 is 11.3 Å². The van der Waals surface area contributed by atoms with Crippen LogP contribution in [0.5, 0.6) is 0 Å². The van der Waals surface area contributed by atoms with E-state index in [0.29, 0.717) is 0 Å². The van der Waals surface area contributed by atoms with E-state index in [9.17, 15) is 4.79 Å². The number of hydrogen-bond acceptors (Lipinski definition) is 5. The Morgan fingerprint density at radius 2 is 2.25 bits per heavy atom. The van der Waals surface area contributed by atoms with E-state index in [1.165, 1.54) is 11.5 Å². The Labute approximate surface area is 98.6 Å². The van der Waals surface area contributed by atoms with Gasteiger partial charge in [-0.15, -0.1) is 0 Å². The highest BCUT2D eigenvalue weighted by Crippen LogP contribution is 2.38. The number of carbonyl (C=O) groups is 1. The summed E-state index contributed by atoms with van der Waals surface area (Å²) in [6.45, 7) is 1.88. The van der Waals surface area contributed by atoms with Crippen LogP contribution in [0.15, 0.2) is 0 Å². The molecule has 2 rings (SSSR count). The molecule has 1 aliphatic rings. The van der Waals surface area contributed by atoms with Crippen LogP contribution in [0.4, 0.5) is 0 Å². The maximum atomic E-state index is 11.7. The maximum Gasteiger partial charge on any atom is 0.237 e. The van der Waals surface area contributed by atoms with Crippen molar-refractivity contribution in [2.45, 2.75) is 38.5 Å². The van der Waals surface area contributed by atoms with Gasteiger partial charge in [0.05, 0.1) is 0 Å². The van der Waals surface area contributed by atoms with Crippen molar-refractivity contribution in [1.82, 2.24) is 14.8 Å². The average molecular weight is 240 g/mol. The fraction of sp³-hybridized carbons (Fsp3) is 0.700. The molecule has 0 spiro atoms. The van der Waals surface area contributed by atoms with Crippen LogP contribution in [-0.2, 0) is 4.79 Å². The summed E-state index contributed by atoms with van der Waals surface area (Å²) in [7, 11) is 0. The largest absolute Gasteiger partial charge is 0.294 e. The summed E-state index contributed by atoms with van der Waals surface area (Å²) in [5.74, 6) is 6.10. The van der Waals surface area contributed by atoms with Crippen molar-refractivity contribution < 1.29 is 4.79 Å². The summed E-state index contributed by atoms with van der Waals surface area (Å²) >= 11 is 1.41. The Bertz CT molecular complexity index is 379. The molecule has 1 aromatic heterocycles. The molecule has 16 heavy (non-hydrogen) atoms. The lowest BCUT2D eigenvalue weighted by Crippen LogP contribution is -2.39. The van der Waals surface area contributed by atoms with Gasteiger partial charge in [-0.05, 0) is 31.3 Å². The third-order valence-corrected chi connectivity index (χ3v) is 4.04. The first-order valence-electron chi connectivity index (χ1n) is 5.53. The predicted molar refractivity (Wildman–Crippen MR) is 61.7 cm³/mol. The molecule has 1 heterocycles. The fourth-order valence-corrected chi connectivity index (χ4v) is 3.17. The Kier molecular flexibility index (Phi) is 3.50. The molecule has 0 aliphatic heterocycles. The highest BCUT2D eigenvalue weighted by molar-refractivity contribution is 7.05. The average Bonchev–Trinajstić information content (AvgIpc) is 2.75. The first kappa shape index (κ1) is 11.5. The Morgan fingerprint density at radius 3 is 2.88 bits per heavy atom.